The summed E-state index contributed by atoms with van der Waals surface area (Å²) in [6.07, 6.45) is -10.4. The van der Waals surface area contributed by atoms with Crippen molar-refractivity contribution < 1.29 is 43.9 Å². The largest absolute Gasteiger partial charge is 0.573 e. The van der Waals surface area contributed by atoms with Crippen molar-refractivity contribution in [2.24, 2.45) is 0 Å². The molecule has 0 spiro atoms. The van der Waals surface area contributed by atoms with Crippen molar-refractivity contribution in [3.8, 4) is 5.75 Å². The summed E-state index contributed by atoms with van der Waals surface area (Å²) in [5, 5.41) is 0. The second-order valence-corrected chi connectivity index (χ2v) is 7.50. The average Bonchev–Trinajstić information content (AvgIpc) is 2.46. The van der Waals surface area contributed by atoms with Gasteiger partial charge in [0.25, 0.3) is 10.0 Å². The highest BCUT2D eigenvalue weighted by atomic mass is 79.9. The van der Waals surface area contributed by atoms with Crippen LogP contribution in [0.25, 0.3) is 0 Å². The molecule has 0 atom stereocenters. The lowest BCUT2D eigenvalue weighted by molar-refractivity contribution is -0.275. The topological polar surface area (TPSA) is 55.4 Å². The van der Waals surface area contributed by atoms with E-state index in [9.17, 15) is 39.2 Å². The first-order valence-corrected chi connectivity index (χ1v) is 8.91. The molecule has 0 unspecified atom stereocenters. The molecule has 0 fully saturated rings. The standard InChI is InChI=1S/C14H7BrF7NO3S/c15-7-1-4-12(11(5-7)26-14(20,21)22)27(24,25)23-10-3-2-8(16)6-9(10)13(17,18)19/h1-6,23H. The van der Waals surface area contributed by atoms with Crippen LogP contribution in [0.1, 0.15) is 5.56 Å². The summed E-state index contributed by atoms with van der Waals surface area (Å²) in [6.45, 7) is 0. The van der Waals surface area contributed by atoms with Crippen LogP contribution >= 0.6 is 15.9 Å². The Kier molecular flexibility index (Phi) is 5.66. The molecule has 0 saturated heterocycles. The zero-order valence-corrected chi connectivity index (χ0v) is 15.0. The van der Waals surface area contributed by atoms with Crippen LogP contribution < -0.4 is 9.46 Å². The Morgan fingerprint density at radius 2 is 1.59 bits per heavy atom. The number of hydrogen-bond acceptors (Lipinski definition) is 3. The van der Waals surface area contributed by atoms with Gasteiger partial charge >= 0.3 is 12.5 Å². The van der Waals surface area contributed by atoms with Gasteiger partial charge in [-0.3, -0.25) is 4.72 Å². The number of sulfonamides is 1. The van der Waals surface area contributed by atoms with Gasteiger partial charge in [-0.25, -0.2) is 12.8 Å². The molecule has 148 valence electrons. The fourth-order valence-corrected chi connectivity index (χ4v) is 3.48. The maximum atomic E-state index is 13.1. The minimum Gasteiger partial charge on any atom is -0.404 e. The molecular formula is C14H7BrF7NO3S. The van der Waals surface area contributed by atoms with Gasteiger partial charge in [-0.05, 0) is 36.4 Å². The lowest BCUT2D eigenvalue weighted by Crippen LogP contribution is -2.22. The van der Waals surface area contributed by atoms with Gasteiger partial charge in [0.15, 0.2) is 5.75 Å². The van der Waals surface area contributed by atoms with Crippen LogP contribution in [-0.4, -0.2) is 14.8 Å². The highest BCUT2D eigenvalue weighted by Gasteiger charge is 2.37. The van der Waals surface area contributed by atoms with E-state index in [1.54, 1.807) is 0 Å². The molecule has 1 N–H and O–H groups in total. The lowest BCUT2D eigenvalue weighted by Gasteiger charge is -2.17. The maximum Gasteiger partial charge on any atom is 0.573 e. The summed E-state index contributed by atoms with van der Waals surface area (Å²) in [4.78, 5) is -1.07. The Hall–Kier alpha value is -2.02. The predicted octanol–water partition coefficient (Wildman–Crippen LogP) is 5.31. The molecule has 0 aliphatic heterocycles. The molecule has 0 aromatic heterocycles. The summed E-state index contributed by atoms with van der Waals surface area (Å²) in [7, 11) is -4.95. The van der Waals surface area contributed by atoms with Crippen LogP contribution in [0.3, 0.4) is 0 Å². The van der Waals surface area contributed by atoms with Crippen LogP contribution in [0.4, 0.5) is 36.4 Å². The van der Waals surface area contributed by atoms with Crippen molar-refractivity contribution >= 4 is 31.6 Å². The summed E-state index contributed by atoms with van der Waals surface area (Å²) in [6, 6.07) is 3.53. The number of nitrogens with one attached hydrogen (secondary N) is 1. The molecule has 2 aromatic carbocycles. The number of anilines is 1. The number of benzene rings is 2. The minimum atomic E-state index is -5.25. The second kappa shape index (κ2) is 7.19. The van der Waals surface area contributed by atoms with E-state index in [0.717, 1.165) is 6.07 Å². The van der Waals surface area contributed by atoms with Gasteiger partial charge in [0.05, 0.1) is 11.3 Å². The van der Waals surface area contributed by atoms with Crippen LogP contribution in [0, 0.1) is 5.82 Å². The van der Waals surface area contributed by atoms with Crippen LogP contribution in [0.15, 0.2) is 45.8 Å². The van der Waals surface area contributed by atoms with Crippen LogP contribution in [0.5, 0.6) is 5.75 Å². The maximum absolute atomic E-state index is 13.1. The number of alkyl halides is 6. The zero-order chi connectivity index (χ0) is 20.6. The monoisotopic (exact) mass is 481 g/mol. The number of hydrogen-bond donors (Lipinski definition) is 1. The highest BCUT2D eigenvalue weighted by Crippen LogP contribution is 2.38. The molecule has 2 aromatic rings. The normalized spacial score (nSPS) is 12.7. The van der Waals surface area contributed by atoms with E-state index in [-0.39, 0.29) is 10.5 Å². The molecule has 4 nitrogen and oxygen atoms in total. The summed E-state index contributed by atoms with van der Waals surface area (Å²) in [5.41, 5.74) is -2.72. The molecule has 27 heavy (non-hydrogen) atoms. The van der Waals surface area contributed by atoms with Crippen LogP contribution in [-0.2, 0) is 16.2 Å². The Morgan fingerprint density at radius 3 is 2.15 bits per heavy atom. The molecule has 0 bridgehead atoms. The molecule has 0 amide bonds. The van der Waals surface area contributed by atoms with Gasteiger partial charge in [-0.2, -0.15) is 13.2 Å². The summed E-state index contributed by atoms with van der Waals surface area (Å²) in [5.74, 6) is -2.45. The second-order valence-electron chi connectivity index (χ2n) is 4.93. The molecule has 13 heteroatoms. The first kappa shape index (κ1) is 21.3. The fourth-order valence-electron chi connectivity index (χ4n) is 1.95. The summed E-state index contributed by atoms with van der Waals surface area (Å²) < 4.78 is 119. The first-order valence-electron chi connectivity index (χ1n) is 6.64. The number of halogens is 8. The van der Waals surface area contributed by atoms with Crippen molar-refractivity contribution in [2.45, 2.75) is 17.4 Å². The number of ether oxygens (including phenoxy) is 1. The number of rotatable bonds is 4. The lowest BCUT2D eigenvalue weighted by atomic mass is 10.2. The Bertz CT molecular complexity index is 958. The Labute approximate surface area is 156 Å². The van der Waals surface area contributed by atoms with Gasteiger partial charge in [-0.1, -0.05) is 15.9 Å². The zero-order valence-electron chi connectivity index (χ0n) is 12.6. The fraction of sp³-hybridized carbons (Fsp3) is 0.143. The van der Waals surface area contributed by atoms with Gasteiger partial charge in [0.2, 0.25) is 0 Å². The van der Waals surface area contributed by atoms with Gasteiger partial charge < -0.3 is 4.74 Å². The van der Waals surface area contributed by atoms with Crippen molar-refractivity contribution in [1.29, 1.82) is 0 Å². The third-order valence-corrected chi connectivity index (χ3v) is 4.85. The van der Waals surface area contributed by atoms with Crippen molar-refractivity contribution in [1.82, 2.24) is 0 Å². The average molecular weight is 482 g/mol. The van der Waals surface area contributed by atoms with E-state index < -0.39 is 50.3 Å². The van der Waals surface area contributed by atoms with E-state index in [2.05, 4.69) is 20.7 Å². The summed E-state index contributed by atoms with van der Waals surface area (Å²) >= 11 is 2.83. The Balaban J connectivity index is 2.53. The molecular weight excluding hydrogens is 475 g/mol. The van der Waals surface area contributed by atoms with E-state index in [1.807, 2.05) is 0 Å². The molecule has 0 heterocycles. The minimum absolute atomic E-state index is 0.0264. The van der Waals surface area contributed by atoms with E-state index in [0.29, 0.717) is 24.3 Å². The van der Waals surface area contributed by atoms with Crippen molar-refractivity contribution in [3.63, 3.8) is 0 Å². The van der Waals surface area contributed by atoms with Crippen molar-refractivity contribution in [3.05, 3.63) is 52.3 Å². The third kappa shape index (κ3) is 5.48. The van der Waals surface area contributed by atoms with E-state index >= 15 is 0 Å². The first-order chi connectivity index (χ1) is 12.2. The highest BCUT2D eigenvalue weighted by molar-refractivity contribution is 9.10. The molecule has 0 aliphatic rings. The predicted molar refractivity (Wildman–Crippen MR) is 83.0 cm³/mol. The smallest absolute Gasteiger partial charge is 0.404 e. The molecule has 0 aliphatic carbocycles. The molecule has 0 saturated carbocycles. The van der Waals surface area contributed by atoms with Gasteiger partial charge in [0, 0.05) is 4.47 Å². The van der Waals surface area contributed by atoms with Gasteiger partial charge in [-0.15, -0.1) is 13.2 Å². The van der Waals surface area contributed by atoms with Crippen LogP contribution in [0.2, 0.25) is 0 Å². The third-order valence-electron chi connectivity index (χ3n) is 2.95. The Morgan fingerprint density at radius 1 is 0.963 bits per heavy atom. The quantitative estimate of drug-likeness (QED) is 0.602. The van der Waals surface area contributed by atoms with Gasteiger partial charge in [0.1, 0.15) is 10.7 Å². The molecule has 0 radical (unpaired) electrons. The van der Waals surface area contributed by atoms with E-state index in [4.69, 9.17) is 0 Å². The molecule has 2 rings (SSSR count). The van der Waals surface area contributed by atoms with E-state index in [1.165, 1.54) is 4.72 Å². The SMILES string of the molecule is O=S(=O)(Nc1ccc(F)cc1C(F)(F)F)c1ccc(Br)cc1OC(F)(F)F. The van der Waals surface area contributed by atoms with Crippen molar-refractivity contribution in [2.75, 3.05) is 4.72 Å².